The molecule has 1 aliphatic rings. The van der Waals surface area contributed by atoms with Crippen LogP contribution in [0.25, 0.3) is 0 Å². The number of fused-ring (bicyclic) bond motifs is 1. The zero-order valence-corrected chi connectivity index (χ0v) is 12.7. The number of hydrogen-bond acceptors (Lipinski definition) is 4. The van der Waals surface area contributed by atoms with Crippen molar-refractivity contribution >= 4 is 38.6 Å². The monoisotopic (exact) mass is 304 g/mol. The Morgan fingerprint density at radius 1 is 1.67 bits per heavy atom. The van der Waals surface area contributed by atoms with Crippen LogP contribution in [-0.4, -0.2) is 29.5 Å². The third-order valence-electron chi connectivity index (χ3n) is 3.40. The average molecular weight is 304 g/mol. The molecule has 0 radical (unpaired) electrons. The summed E-state index contributed by atoms with van der Waals surface area (Å²) in [6.45, 7) is 3.96. The van der Waals surface area contributed by atoms with E-state index in [0.717, 1.165) is 12.0 Å². The van der Waals surface area contributed by atoms with Gasteiger partial charge in [0.1, 0.15) is 5.25 Å². The summed E-state index contributed by atoms with van der Waals surface area (Å²) in [5, 5.41) is 1.20. The molecule has 0 fully saturated rings. The third kappa shape index (κ3) is 2.20. The van der Waals surface area contributed by atoms with E-state index in [1.165, 1.54) is 9.18 Å². The average Bonchev–Trinajstić information content (AvgIpc) is 2.76. The summed E-state index contributed by atoms with van der Waals surface area (Å²) in [5.74, 6) is 0. The van der Waals surface area contributed by atoms with Gasteiger partial charge in [-0.05, 0) is 37.3 Å². The molecule has 2 rings (SSSR count). The molecule has 0 amide bonds. The van der Waals surface area contributed by atoms with Crippen LogP contribution >= 0.6 is 23.6 Å². The van der Waals surface area contributed by atoms with E-state index in [-0.39, 0.29) is 11.0 Å². The van der Waals surface area contributed by atoms with E-state index < -0.39 is 15.3 Å². The molecule has 1 aromatic rings. The molecule has 0 saturated carbocycles. The number of thiocarbonyl (C=S) groups is 1. The number of sulfonamides is 1. The molecule has 4 nitrogen and oxygen atoms in total. The Bertz CT molecular complexity index is 565. The molecule has 2 N–H and O–H groups in total. The Labute approximate surface area is 117 Å². The largest absolute Gasteiger partial charge is 0.392 e. The number of nitrogens with zero attached hydrogens (tertiary/aromatic N) is 1. The first-order chi connectivity index (χ1) is 8.35. The molecular weight excluding hydrogens is 288 g/mol. The van der Waals surface area contributed by atoms with Gasteiger partial charge in [-0.2, -0.15) is 4.31 Å². The van der Waals surface area contributed by atoms with Crippen LogP contribution in [-0.2, 0) is 16.4 Å². The van der Waals surface area contributed by atoms with Crippen LogP contribution in [0.5, 0.6) is 0 Å². The number of nitrogens with two attached hydrogens (primary N) is 1. The highest BCUT2D eigenvalue weighted by Crippen LogP contribution is 2.35. The maximum atomic E-state index is 12.4. The summed E-state index contributed by atoms with van der Waals surface area (Å²) in [4.78, 5) is 1.30. The van der Waals surface area contributed by atoms with E-state index in [2.05, 4.69) is 0 Å². The van der Waals surface area contributed by atoms with Crippen LogP contribution in [0.4, 0.5) is 0 Å². The van der Waals surface area contributed by atoms with Crippen LogP contribution in [0.3, 0.4) is 0 Å². The Morgan fingerprint density at radius 2 is 2.33 bits per heavy atom. The van der Waals surface area contributed by atoms with Crippen LogP contribution in [0.1, 0.15) is 30.3 Å². The van der Waals surface area contributed by atoms with Gasteiger partial charge >= 0.3 is 0 Å². The van der Waals surface area contributed by atoms with Crippen molar-refractivity contribution in [3.8, 4) is 0 Å². The lowest BCUT2D eigenvalue weighted by molar-refractivity contribution is 0.328. The minimum absolute atomic E-state index is 0.0262. The summed E-state index contributed by atoms with van der Waals surface area (Å²) in [7, 11) is -3.46. The number of hydrogen-bond donors (Lipinski definition) is 1. The highest BCUT2D eigenvalue weighted by molar-refractivity contribution is 7.92. The van der Waals surface area contributed by atoms with Gasteiger partial charge in [-0.15, -0.1) is 11.3 Å². The van der Waals surface area contributed by atoms with Crippen molar-refractivity contribution in [2.75, 3.05) is 6.54 Å². The van der Waals surface area contributed by atoms with Crippen LogP contribution in [0, 0.1) is 0 Å². The van der Waals surface area contributed by atoms with E-state index >= 15 is 0 Å². The van der Waals surface area contributed by atoms with E-state index in [9.17, 15) is 8.42 Å². The quantitative estimate of drug-likeness (QED) is 0.863. The lowest BCUT2D eigenvalue weighted by Crippen LogP contribution is -2.46. The van der Waals surface area contributed by atoms with Gasteiger partial charge < -0.3 is 5.73 Å². The molecule has 1 aliphatic heterocycles. The standard InChI is InChI=1S/C11H16N2O2S3/c1-7-9-4-6-17-10(9)3-5-13(7)18(14,15)8(2)11(12)16/h4,6-8H,3,5H2,1-2H3,(H2,12,16). The molecule has 0 bridgehead atoms. The third-order valence-corrected chi connectivity index (χ3v) is 7.19. The zero-order chi connectivity index (χ0) is 13.5. The van der Waals surface area contributed by atoms with Gasteiger partial charge in [0.15, 0.2) is 0 Å². The van der Waals surface area contributed by atoms with Crippen molar-refractivity contribution in [2.24, 2.45) is 5.73 Å². The Kier molecular flexibility index (Phi) is 3.77. The second-order valence-electron chi connectivity index (χ2n) is 4.43. The highest BCUT2D eigenvalue weighted by atomic mass is 32.2. The smallest absolute Gasteiger partial charge is 0.223 e. The predicted octanol–water partition coefficient (Wildman–Crippen LogP) is 1.67. The van der Waals surface area contributed by atoms with Crippen LogP contribution in [0.15, 0.2) is 11.4 Å². The molecule has 18 heavy (non-hydrogen) atoms. The van der Waals surface area contributed by atoms with Gasteiger partial charge in [0.25, 0.3) is 0 Å². The highest BCUT2D eigenvalue weighted by Gasteiger charge is 2.37. The minimum Gasteiger partial charge on any atom is -0.392 e. The summed E-state index contributed by atoms with van der Waals surface area (Å²) in [6, 6.07) is 1.86. The molecule has 2 heterocycles. The minimum atomic E-state index is -3.46. The normalized spacial score (nSPS) is 22.4. The van der Waals surface area contributed by atoms with Gasteiger partial charge in [0.05, 0.1) is 4.99 Å². The first-order valence-corrected chi connectivity index (χ1v) is 8.51. The molecule has 100 valence electrons. The lowest BCUT2D eigenvalue weighted by Gasteiger charge is -2.34. The predicted molar refractivity (Wildman–Crippen MR) is 78.3 cm³/mol. The van der Waals surface area contributed by atoms with Crippen molar-refractivity contribution < 1.29 is 8.42 Å². The Hall–Kier alpha value is -0.500. The first kappa shape index (κ1) is 13.9. The fourth-order valence-electron chi connectivity index (χ4n) is 2.18. The fourth-order valence-corrected chi connectivity index (χ4v) is 5.11. The van der Waals surface area contributed by atoms with Gasteiger partial charge in [-0.1, -0.05) is 12.2 Å². The SMILES string of the molecule is CC1c2ccsc2CCN1S(=O)(=O)C(C)C(N)=S. The molecule has 2 unspecified atom stereocenters. The van der Waals surface area contributed by atoms with Gasteiger partial charge in [0, 0.05) is 17.5 Å². The maximum absolute atomic E-state index is 12.4. The second-order valence-corrected chi connectivity index (χ2v) is 8.10. The van der Waals surface area contributed by atoms with Gasteiger partial charge in [0.2, 0.25) is 10.0 Å². The van der Waals surface area contributed by atoms with Crippen LogP contribution in [0.2, 0.25) is 0 Å². The fraction of sp³-hybridized carbons (Fsp3) is 0.545. The summed E-state index contributed by atoms with van der Waals surface area (Å²) in [5.41, 5.74) is 6.58. The van der Waals surface area contributed by atoms with Crippen LogP contribution < -0.4 is 5.73 Å². The van der Waals surface area contributed by atoms with Gasteiger partial charge in [-0.25, -0.2) is 8.42 Å². The topological polar surface area (TPSA) is 63.4 Å². The first-order valence-electron chi connectivity index (χ1n) is 5.72. The van der Waals surface area contributed by atoms with Crippen molar-refractivity contribution in [1.82, 2.24) is 4.31 Å². The van der Waals surface area contributed by atoms with Crippen molar-refractivity contribution in [2.45, 2.75) is 31.6 Å². The molecule has 0 aromatic carbocycles. The van der Waals surface area contributed by atoms with E-state index in [0.29, 0.717) is 6.54 Å². The second kappa shape index (κ2) is 4.88. The maximum Gasteiger partial charge on any atom is 0.223 e. The van der Waals surface area contributed by atoms with E-state index in [4.69, 9.17) is 18.0 Å². The van der Waals surface area contributed by atoms with Crippen molar-refractivity contribution in [3.63, 3.8) is 0 Å². The number of rotatable bonds is 3. The summed E-state index contributed by atoms with van der Waals surface area (Å²) < 4.78 is 26.4. The molecule has 0 aliphatic carbocycles. The molecular formula is C11H16N2O2S3. The van der Waals surface area contributed by atoms with E-state index in [1.807, 2.05) is 18.4 Å². The Balaban J connectivity index is 2.34. The molecule has 0 saturated heterocycles. The Morgan fingerprint density at radius 3 is 2.94 bits per heavy atom. The summed E-state index contributed by atoms with van der Waals surface area (Å²) >= 11 is 6.49. The number of thiophene rings is 1. The zero-order valence-electron chi connectivity index (χ0n) is 10.3. The molecule has 0 spiro atoms. The molecule has 2 atom stereocenters. The summed E-state index contributed by atoms with van der Waals surface area (Å²) in [6.07, 6.45) is 0.765. The van der Waals surface area contributed by atoms with E-state index in [1.54, 1.807) is 18.3 Å². The van der Waals surface area contributed by atoms with Crippen molar-refractivity contribution in [3.05, 3.63) is 21.9 Å². The molecule has 1 aromatic heterocycles. The van der Waals surface area contributed by atoms with Gasteiger partial charge in [-0.3, -0.25) is 0 Å². The lowest BCUT2D eigenvalue weighted by atomic mass is 10.0. The molecule has 7 heteroatoms. The van der Waals surface area contributed by atoms with Crippen molar-refractivity contribution in [1.29, 1.82) is 0 Å².